The first-order valence-corrected chi connectivity index (χ1v) is 8.42. The number of nitrogens with zero attached hydrogens (tertiary/aromatic N) is 1. The molecule has 2 heterocycles. The maximum atomic E-state index is 12.8. The molecule has 1 N–H and O–H groups in total. The fourth-order valence-electron chi connectivity index (χ4n) is 3.55. The molecule has 0 bridgehead atoms. The minimum atomic E-state index is -0.390. The molecule has 0 aliphatic carbocycles. The van der Waals surface area contributed by atoms with Gasteiger partial charge in [-0.15, -0.1) is 12.4 Å². The number of rotatable bonds is 4. The Kier molecular flexibility index (Phi) is 6.88. The summed E-state index contributed by atoms with van der Waals surface area (Å²) in [7, 11) is 2.00. The van der Waals surface area contributed by atoms with Crippen molar-refractivity contribution in [3.8, 4) is 0 Å². The van der Waals surface area contributed by atoms with Crippen LogP contribution in [0.25, 0.3) is 0 Å². The molecule has 0 saturated carbocycles. The molecule has 1 saturated heterocycles. The van der Waals surface area contributed by atoms with Crippen molar-refractivity contribution in [1.29, 1.82) is 0 Å². The highest BCUT2D eigenvalue weighted by molar-refractivity contribution is 5.85. The zero-order valence-corrected chi connectivity index (χ0v) is 14.6. The summed E-state index contributed by atoms with van der Waals surface area (Å²) in [5.41, 5.74) is 2.33. The molecular weight excluding hydrogens is 312 g/mol. The summed E-state index contributed by atoms with van der Waals surface area (Å²) >= 11 is 0. The van der Waals surface area contributed by atoms with E-state index in [1.807, 2.05) is 30.1 Å². The minimum Gasteiger partial charge on any atom is -0.363 e. The molecular formula is C18H27ClN2O2. The number of benzene rings is 1. The van der Waals surface area contributed by atoms with Crippen LogP contribution in [0, 0.1) is 5.92 Å². The van der Waals surface area contributed by atoms with Crippen molar-refractivity contribution < 1.29 is 9.53 Å². The van der Waals surface area contributed by atoms with Gasteiger partial charge in [0.15, 0.2) is 6.10 Å². The van der Waals surface area contributed by atoms with E-state index in [9.17, 15) is 4.79 Å². The lowest BCUT2D eigenvalue weighted by Gasteiger charge is -2.35. The van der Waals surface area contributed by atoms with E-state index in [2.05, 4.69) is 11.4 Å². The van der Waals surface area contributed by atoms with Gasteiger partial charge >= 0.3 is 0 Å². The minimum absolute atomic E-state index is 0. The van der Waals surface area contributed by atoms with E-state index < -0.39 is 0 Å². The van der Waals surface area contributed by atoms with E-state index in [4.69, 9.17) is 4.74 Å². The number of halogens is 1. The van der Waals surface area contributed by atoms with Gasteiger partial charge in [0.25, 0.3) is 5.91 Å². The normalized spacial score (nSPS) is 21.4. The average molecular weight is 339 g/mol. The van der Waals surface area contributed by atoms with Gasteiger partial charge in [0, 0.05) is 13.1 Å². The van der Waals surface area contributed by atoms with Crippen LogP contribution in [0.1, 0.15) is 36.5 Å². The SMILES string of the molecule is CNCCC1CCN(C(=O)C2OCCc3ccccc32)CC1.Cl. The maximum absolute atomic E-state index is 12.8. The van der Waals surface area contributed by atoms with Gasteiger partial charge in [-0.2, -0.15) is 0 Å². The Bertz CT molecular complexity index is 515. The smallest absolute Gasteiger partial charge is 0.256 e. The number of nitrogens with one attached hydrogen (secondary N) is 1. The van der Waals surface area contributed by atoms with E-state index in [1.54, 1.807) is 0 Å². The van der Waals surface area contributed by atoms with Crippen molar-refractivity contribution in [2.24, 2.45) is 5.92 Å². The summed E-state index contributed by atoms with van der Waals surface area (Å²) < 4.78 is 5.81. The average Bonchev–Trinajstić information content (AvgIpc) is 2.59. The lowest BCUT2D eigenvalue weighted by atomic mass is 9.92. The second kappa shape index (κ2) is 8.67. The largest absolute Gasteiger partial charge is 0.363 e. The van der Waals surface area contributed by atoms with Crippen LogP contribution in [0.15, 0.2) is 24.3 Å². The molecule has 5 heteroatoms. The second-order valence-corrected chi connectivity index (χ2v) is 6.36. The van der Waals surface area contributed by atoms with Gasteiger partial charge in [-0.05, 0) is 56.3 Å². The van der Waals surface area contributed by atoms with Crippen molar-refractivity contribution >= 4 is 18.3 Å². The Morgan fingerprint density at radius 1 is 1.30 bits per heavy atom. The van der Waals surface area contributed by atoms with Crippen molar-refractivity contribution in [1.82, 2.24) is 10.2 Å². The fourth-order valence-corrected chi connectivity index (χ4v) is 3.55. The highest BCUT2D eigenvalue weighted by Crippen LogP contribution is 2.30. The van der Waals surface area contributed by atoms with E-state index >= 15 is 0 Å². The zero-order chi connectivity index (χ0) is 15.4. The van der Waals surface area contributed by atoms with Crippen LogP contribution in [0.2, 0.25) is 0 Å². The topological polar surface area (TPSA) is 41.6 Å². The Labute approximate surface area is 145 Å². The third kappa shape index (κ3) is 4.25. The van der Waals surface area contributed by atoms with Crippen LogP contribution < -0.4 is 5.32 Å². The number of hydrogen-bond donors (Lipinski definition) is 1. The Morgan fingerprint density at radius 2 is 2.04 bits per heavy atom. The van der Waals surface area contributed by atoms with Crippen LogP contribution in [0.4, 0.5) is 0 Å². The van der Waals surface area contributed by atoms with Crippen LogP contribution >= 0.6 is 12.4 Å². The first-order valence-electron chi connectivity index (χ1n) is 8.42. The van der Waals surface area contributed by atoms with Gasteiger partial charge in [-0.3, -0.25) is 4.79 Å². The number of carbonyl (C=O) groups excluding carboxylic acids is 1. The number of carbonyl (C=O) groups is 1. The molecule has 2 aliphatic rings. The Morgan fingerprint density at radius 3 is 2.78 bits per heavy atom. The fraction of sp³-hybridized carbons (Fsp3) is 0.611. The summed E-state index contributed by atoms with van der Waals surface area (Å²) in [6, 6.07) is 8.19. The monoisotopic (exact) mass is 338 g/mol. The molecule has 4 nitrogen and oxygen atoms in total. The molecule has 23 heavy (non-hydrogen) atoms. The summed E-state index contributed by atoms with van der Waals surface area (Å²) in [5, 5.41) is 3.21. The van der Waals surface area contributed by atoms with E-state index in [1.165, 1.54) is 12.0 Å². The molecule has 1 fully saturated rings. The van der Waals surface area contributed by atoms with Gasteiger partial charge < -0.3 is 15.0 Å². The molecule has 1 atom stereocenters. The molecule has 1 unspecified atom stereocenters. The molecule has 3 rings (SSSR count). The van der Waals surface area contributed by atoms with Crippen molar-refractivity contribution in [3.63, 3.8) is 0 Å². The van der Waals surface area contributed by atoms with E-state index in [-0.39, 0.29) is 24.4 Å². The molecule has 1 aromatic carbocycles. The third-order valence-corrected chi connectivity index (χ3v) is 4.95. The second-order valence-electron chi connectivity index (χ2n) is 6.36. The predicted molar refractivity (Wildman–Crippen MR) is 93.9 cm³/mol. The summed E-state index contributed by atoms with van der Waals surface area (Å²) in [6.45, 7) is 3.45. The van der Waals surface area contributed by atoms with Crippen molar-refractivity contribution in [3.05, 3.63) is 35.4 Å². The first kappa shape index (κ1) is 18.2. The lowest BCUT2D eigenvalue weighted by molar-refractivity contribution is -0.146. The van der Waals surface area contributed by atoms with Crippen molar-refractivity contribution in [2.75, 3.05) is 33.3 Å². The number of fused-ring (bicyclic) bond motifs is 1. The molecule has 1 amide bonds. The molecule has 0 aromatic heterocycles. The van der Waals surface area contributed by atoms with E-state index in [0.29, 0.717) is 6.61 Å². The zero-order valence-electron chi connectivity index (χ0n) is 13.8. The van der Waals surface area contributed by atoms with Crippen LogP contribution in [0.5, 0.6) is 0 Å². The first-order chi connectivity index (χ1) is 10.8. The predicted octanol–water partition coefficient (Wildman–Crippen LogP) is 2.57. The van der Waals surface area contributed by atoms with Gasteiger partial charge in [0.1, 0.15) is 0 Å². The lowest BCUT2D eigenvalue weighted by Crippen LogP contribution is -2.43. The Hall–Kier alpha value is -1.10. The summed E-state index contributed by atoms with van der Waals surface area (Å²) in [4.78, 5) is 14.8. The van der Waals surface area contributed by atoms with Gasteiger partial charge in [0.2, 0.25) is 0 Å². The number of hydrogen-bond acceptors (Lipinski definition) is 3. The van der Waals surface area contributed by atoms with Gasteiger partial charge in [-0.25, -0.2) is 0 Å². The van der Waals surface area contributed by atoms with Crippen LogP contribution in [0.3, 0.4) is 0 Å². The standard InChI is InChI=1S/C18H26N2O2.ClH/c1-19-10-6-14-7-11-20(12-8-14)18(21)17-16-5-3-2-4-15(16)9-13-22-17;/h2-5,14,17,19H,6-13H2,1H3;1H. The highest BCUT2D eigenvalue weighted by Gasteiger charge is 2.32. The van der Waals surface area contributed by atoms with Crippen LogP contribution in [-0.2, 0) is 16.0 Å². The summed E-state index contributed by atoms with van der Waals surface area (Å²) in [6.07, 6.45) is 3.95. The quantitative estimate of drug-likeness (QED) is 0.917. The number of ether oxygens (including phenoxy) is 1. The molecule has 128 valence electrons. The van der Waals surface area contributed by atoms with Crippen molar-refractivity contribution in [2.45, 2.75) is 31.8 Å². The molecule has 1 aromatic rings. The maximum Gasteiger partial charge on any atom is 0.256 e. The number of likely N-dealkylation sites (tertiary alicyclic amines) is 1. The summed E-state index contributed by atoms with van der Waals surface area (Å²) in [5.74, 6) is 0.898. The van der Waals surface area contributed by atoms with Crippen LogP contribution in [-0.4, -0.2) is 44.1 Å². The van der Waals surface area contributed by atoms with Gasteiger partial charge in [0.05, 0.1) is 6.61 Å². The molecule has 0 radical (unpaired) electrons. The Balaban J connectivity index is 0.00000192. The van der Waals surface area contributed by atoms with Gasteiger partial charge in [-0.1, -0.05) is 24.3 Å². The highest BCUT2D eigenvalue weighted by atomic mass is 35.5. The molecule has 0 spiro atoms. The van der Waals surface area contributed by atoms with E-state index in [0.717, 1.165) is 50.4 Å². The third-order valence-electron chi connectivity index (χ3n) is 4.95. The number of piperidine rings is 1. The molecule has 2 aliphatic heterocycles. The number of amides is 1.